The van der Waals surface area contributed by atoms with E-state index in [1.165, 1.54) is 0 Å². The van der Waals surface area contributed by atoms with E-state index in [2.05, 4.69) is 0 Å². The predicted molar refractivity (Wildman–Crippen MR) is 96.5 cm³/mol. The molecule has 4 rings (SSSR count). The molecule has 0 saturated heterocycles. The zero-order valence-corrected chi connectivity index (χ0v) is 13.9. The first kappa shape index (κ1) is 15.5. The first-order chi connectivity index (χ1) is 12.2. The molecule has 3 nitrogen and oxygen atoms in total. The second kappa shape index (κ2) is 6.10. The number of hydrogen-bond acceptors (Lipinski definition) is 3. The Kier molecular flexibility index (Phi) is 3.77. The van der Waals surface area contributed by atoms with Gasteiger partial charge >= 0.3 is 0 Å². The van der Waals surface area contributed by atoms with Gasteiger partial charge in [-0.25, -0.2) is 0 Å². The highest BCUT2D eigenvalue weighted by atomic mass is 16.5. The average molecular weight is 330 g/mol. The third kappa shape index (κ3) is 2.58. The molecule has 0 bridgehead atoms. The molecule has 25 heavy (non-hydrogen) atoms. The van der Waals surface area contributed by atoms with Gasteiger partial charge in [-0.05, 0) is 35.2 Å². The fraction of sp³-hybridized carbons (Fsp3) is 0.136. The van der Waals surface area contributed by atoms with Crippen molar-refractivity contribution in [2.45, 2.75) is 12.3 Å². The molecular formula is C22H18O3. The Hall–Kier alpha value is -3.07. The molecule has 0 radical (unpaired) electrons. The van der Waals surface area contributed by atoms with Crippen LogP contribution in [0.1, 0.15) is 38.5 Å². The highest BCUT2D eigenvalue weighted by molar-refractivity contribution is 6.12. The third-order valence-corrected chi connectivity index (χ3v) is 4.85. The van der Waals surface area contributed by atoms with Crippen LogP contribution < -0.4 is 4.74 Å². The van der Waals surface area contributed by atoms with Crippen LogP contribution in [0.3, 0.4) is 0 Å². The van der Waals surface area contributed by atoms with Crippen molar-refractivity contribution in [1.82, 2.24) is 0 Å². The van der Waals surface area contributed by atoms with E-state index in [9.17, 15) is 9.90 Å². The van der Waals surface area contributed by atoms with Crippen LogP contribution in [0, 0.1) is 0 Å². The number of phenolic OH excluding ortho intramolecular Hbond substituents is 1. The summed E-state index contributed by atoms with van der Waals surface area (Å²) in [6, 6.07) is 21.1. The van der Waals surface area contributed by atoms with E-state index in [-0.39, 0.29) is 17.5 Å². The number of rotatable bonds is 3. The molecule has 3 aromatic rings. The van der Waals surface area contributed by atoms with E-state index >= 15 is 0 Å². The third-order valence-electron chi connectivity index (χ3n) is 4.85. The smallest absolute Gasteiger partial charge is 0.193 e. The van der Waals surface area contributed by atoms with Crippen molar-refractivity contribution in [2.75, 3.05) is 7.11 Å². The Bertz CT molecular complexity index is 909. The van der Waals surface area contributed by atoms with E-state index in [0.29, 0.717) is 5.75 Å². The Morgan fingerprint density at radius 1 is 0.920 bits per heavy atom. The number of ether oxygens (including phenoxy) is 1. The van der Waals surface area contributed by atoms with Gasteiger partial charge in [-0.3, -0.25) is 4.79 Å². The Labute approximate surface area is 146 Å². The van der Waals surface area contributed by atoms with Crippen LogP contribution in [0.4, 0.5) is 0 Å². The van der Waals surface area contributed by atoms with Crippen LogP contribution in [0.2, 0.25) is 0 Å². The van der Waals surface area contributed by atoms with E-state index in [4.69, 9.17) is 4.74 Å². The summed E-state index contributed by atoms with van der Waals surface area (Å²) in [5, 5.41) is 9.82. The van der Waals surface area contributed by atoms with E-state index in [0.717, 1.165) is 34.2 Å². The van der Waals surface area contributed by atoms with Crippen LogP contribution in [-0.4, -0.2) is 18.0 Å². The van der Waals surface area contributed by atoms with Gasteiger partial charge in [0.15, 0.2) is 17.3 Å². The lowest BCUT2D eigenvalue weighted by molar-refractivity contribution is 0.103. The summed E-state index contributed by atoms with van der Waals surface area (Å²) in [5.41, 5.74) is 4.71. The lowest BCUT2D eigenvalue weighted by Gasteiger charge is -2.27. The minimum atomic E-state index is 0.0886. The highest BCUT2D eigenvalue weighted by Crippen LogP contribution is 2.39. The Balaban J connectivity index is 1.82. The zero-order valence-electron chi connectivity index (χ0n) is 13.9. The van der Waals surface area contributed by atoms with Crippen LogP contribution in [0.5, 0.6) is 11.5 Å². The number of ketones is 1. The van der Waals surface area contributed by atoms with Crippen molar-refractivity contribution >= 4 is 5.78 Å². The minimum absolute atomic E-state index is 0.0886. The average Bonchev–Trinajstić information content (AvgIpc) is 2.66. The Morgan fingerprint density at radius 2 is 1.52 bits per heavy atom. The molecule has 0 aromatic heterocycles. The maximum Gasteiger partial charge on any atom is 0.193 e. The molecular weight excluding hydrogens is 312 g/mol. The van der Waals surface area contributed by atoms with Gasteiger partial charge in [-0.2, -0.15) is 0 Å². The topological polar surface area (TPSA) is 46.5 Å². The molecule has 1 aliphatic carbocycles. The number of benzene rings is 3. The van der Waals surface area contributed by atoms with Crippen molar-refractivity contribution < 1.29 is 14.6 Å². The summed E-state index contributed by atoms with van der Waals surface area (Å²) in [6.45, 7) is 0. The van der Waals surface area contributed by atoms with Crippen molar-refractivity contribution in [1.29, 1.82) is 0 Å². The number of aromatic hydroxyl groups is 1. The zero-order chi connectivity index (χ0) is 17.4. The largest absolute Gasteiger partial charge is 0.504 e. The normalized spacial score (nSPS) is 13.2. The van der Waals surface area contributed by atoms with E-state index in [1.54, 1.807) is 13.2 Å². The van der Waals surface area contributed by atoms with E-state index < -0.39 is 0 Å². The standard InChI is InChI=1S/C22H18O3/c1-25-21-13-14(10-11-20(21)23)12-19-15-6-2-4-8-17(15)22(24)18-9-5-3-7-16(18)19/h2-11,13,19,23H,12H2,1H3. The van der Waals surface area contributed by atoms with Crippen LogP contribution in [-0.2, 0) is 6.42 Å². The lowest BCUT2D eigenvalue weighted by atomic mass is 9.75. The number of phenols is 1. The van der Waals surface area contributed by atoms with Crippen LogP contribution in [0.25, 0.3) is 0 Å². The van der Waals surface area contributed by atoms with Gasteiger partial charge in [-0.15, -0.1) is 0 Å². The monoisotopic (exact) mass is 330 g/mol. The molecule has 1 N–H and O–H groups in total. The number of carbonyl (C=O) groups excluding carboxylic acids is 1. The van der Waals surface area contributed by atoms with E-state index in [1.807, 2.05) is 60.7 Å². The number of fused-ring (bicyclic) bond motifs is 2. The van der Waals surface area contributed by atoms with Crippen molar-refractivity contribution in [3.05, 3.63) is 94.5 Å². The van der Waals surface area contributed by atoms with Gasteiger partial charge in [0.05, 0.1) is 7.11 Å². The summed E-state index contributed by atoms with van der Waals surface area (Å²) in [4.78, 5) is 12.8. The molecule has 0 atom stereocenters. The molecule has 1 aliphatic rings. The predicted octanol–water partition coefficient (Wildman–Crippen LogP) is 4.32. The number of hydrogen-bond donors (Lipinski definition) is 1. The van der Waals surface area contributed by atoms with Gasteiger partial charge in [0.25, 0.3) is 0 Å². The molecule has 0 unspecified atom stereocenters. The molecule has 3 heteroatoms. The van der Waals surface area contributed by atoms with Crippen LogP contribution in [0.15, 0.2) is 66.7 Å². The van der Waals surface area contributed by atoms with Gasteiger partial charge < -0.3 is 9.84 Å². The summed E-state index contributed by atoms with van der Waals surface area (Å²) < 4.78 is 5.23. The van der Waals surface area contributed by atoms with Crippen LogP contribution >= 0.6 is 0 Å². The first-order valence-corrected chi connectivity index (χ1v) is 8.27. The fourth-order valence-electron chi connectivity index (χ4n) is 3.63. The fourth-order valence-corrected chi connectivity index (χ4v) is 3.63. The molecule has 3 aromatic carbocycles. The second-order valence-electron chi connectivity index (χ2n) is 6.27. The Morgan fingerprint density at radius 3 is 2.12 bits per heavy atom. The molecule has 124 valence electrons. The molecule has 0 spiro atoms. The number of methoxy groups -OCH3 is 1. The van der Waals surface area contributed by atoms with Gasteiger partial charge in [0.1, 0.15) is 0 Å². The SMILES string of the molecule is COc1cc(CC2c3ccccc3C(=O)c3ccccc32)ccc1O. The molecule has 0 fully saturated rings. The molecule has 0 aliphatic heterocycles. The molecule has 0 heterocycles. The van der Waals surface area contributed by atoms with Crippen molar-refractivity contribution in [3.8, 4) is 11.5 Å². The summed E-state index contributed by atoms with van der Waals surface area (Å²) in [5.74, 6) is 0.780. The molecule has 0 saturated carbocycles. The van der Waals surface area contributed by atoms with Gasteiger partial charge in [-0.1, -0.05) is 54.6 Å². The lowest BCUT2D eigenvalue weighted by Crippen LogP contribution is -2.20. The van der Waals surface area contributed by atoms with Crippen molar-refractivity contribution in [2.24, 2.45) is 0 Å². The minimum Gasteiger partial charge on any atom is -0.504 e. The van der Waals surface area contributed by atoms with Crippen molar-refractivity contribution in [3.63, 3.8) is 0 Å². The second-order valence-corrected chi connectivity index (χ2v) is 6.27. The molecule has 0 amide bonds. The van der Waals surface area contributed by atoms with Gasteiger partial charge in [0.2, 0.25) is 0 Å². The quantitative estimate of drug-likeness (QED) is 0.778. The maximum absolute atomic E-state index is 12.8. The van der Waals surface area contributed by atoms with Gasteiger partial charge in [0, 0.05) is 17.0 Å². The summed E-state index contributed by atoms with van der Waals surface area (Å²) in [7, 11) is 1.54. The summed E-state index contributed by atoms with van der Waals surface area (Å²) in [6.07, 6.45) is 0.734. The first-order valence-electron chi connectivity index (χ1n) is 8.27. The summed E-state index contributed by atoms with van der Waals surface area (Å²) >= 11 is 0. The number of carbonyl (C=O) groups is 1. The maximum atomic E-state index is 12.8. The highest BCUT2D eigenvalue weighted by Gasteiger charge is 2.30.